The standard InChI is InChI=1S/C16H9BrCl2N2O2/c17-11-2-1-3-13(6-11)21-16(23)10(8-20)4-9-5-12(18)7-14(19)15(9)22/h1-7,22H,(H,21,23)/b10-4-. The fourth-order valence-electron chi connectivity index (χ4n) is 1.76. The molecule has 0 atom stereocenters. The summed E-state index contributed by atoms with van der Waals surface area (Å²) >= 11 is 15.0. The fraction of sp³-hybridized carbons (Fsp3) is 0. The molecule has 0 aliphatic rings. The highest BCUT2D eigenvalue weighted by Gasteiger charge is 2.13. The minimum atomic E-state index is -0.610. The van der Waals surface area contributed by atoms with Crippen LogP contribution in [-0.4, -0.2) is 11.0 Å². The van der Waals surface area contributed by atoms with Crippen LogP contribution in [0.1, 0.15) is 5.56 Å². The molecule has 4 nitrogen and oxygen atoms in total. The molecule has 0 saturated carbocycles. The Morgan fingerprint density at radius 1 is 1.30 bits per heavy atom. The summed E-state index contributed by atoms with van der Waals surface area (Å²) in [5, 5.41) is 22.0. The quantitative estimate of drug-likeness (QED) is 0.550. The van der Waals surface area contributed by atoms with Gasteiger partial charge < -0.3 is 10.4 Å². The number of nitrogens with zero attached hydrogens (tertiary/aromatic N) is 1. The van der Waals surface area contributed by atoms with Gasteiger partial charge in [-0.3, -0.25) is 4.79 Å². The first-order valence-electron chi connectivity index (χ1n) is 6.27. The molecule has 0 fully saturated rings. The van der Waals surface area contributed by atoms with Gasteiger partial charge in [-0.05, 0) is 36.4 Å². The molecule has 2 N–H and O–H groups in total. The smallest absolute Gasteiger partial charge is 0.266 e. The zero-order valence-electron chi connectivity index (χ0n) is 11.5. The number of anilines is 1. The van der Waals surface area contributed by atoms with Crippen molar-refractivity contribution in [1.29, 1.82) is 5.26 Å². The normalized spacial score (nSPS) is 11.0. The number of carbonyl (C=O) groups is 1. The third-order valence-electron chi connectivity index (χ3n) is 2.81. The van der Waals surface area contributed by atoms with E-state index in [0.717, 1.165) is 4.47 Å². The maximum absolute atomic E-state index is 12.2. The lowest BCUT2D eigenvalue weighted by atomic mass is 10.1. The predicted octanol–water partition coefficient (Wildman–Crippen LogP) is 5.01. The Morgan fingerprint density at radius 3 is 2.70 bits per heavy atom. The molecule has 2 aromatic carbocycles. The lowest BCUT2D eigenvalue weighted by molar-refractivity contribution is -0.112. The van der Waals surface area contributed by atoms with E-state index < -0.39 is 5.91 Å². The molecule has 0 spiro atoms. The summed E-state index contributed by atoms with van der Waals surface area (Å²) in [6.07, 6.45) is 1.22. The van der Waals surface area contributed by atoms with Crippen molar-refractivity contribution in [3.63, 3.8) is 0 Å². The Balaban J connectivity index is 2.32. The minimum Gasteiger partial charge on any atom is -0.506 e. The summed E-state index contributed by atoms with van der Waals surface area (Å²) in [5.41, 5.74) is 0.515. The molecule has 0 heterocycles. The monoisotopic (exact) mass is 410 g/mol. The fourth-order valence-corrected chi connectivity index (χ4v) is 2.67. The number of hydrogen-bond donors (Lipinski definition) is 2. The molecule has 2 aromatic rings. The van der Waals surface area contributed by atoms with Gasteiger partial charge in [0.15, 0.2) is 0 Å². The molecule has 0 saturated heterocycles. The first kappa shape index (κ1) is 17.4. The molecule has 0 bridgehead atoms. The molecular formula is C16H9BrCl2N2O2. The van der Waals surface area contributed by atoms with E-state index in [2.05, 4.69) is 21.2 Å². The number of phenolic OH excluding ortho intramolecular Hbond substituents is 1. The first-order chi connectivity index (χ1) is 10.9. The summed E-state index contributed by atoms with van der Waals surface area (Å²) in [6.45, 7) is 0. The second kappa shape index (κ2) is 7.51. The lowest BCUT2D eigenvalue weighted by Crippen LogP contribution is -2.13. The van der Waals surface area contributed by atoms with Crippen LogP contribution in [0.2, 0.25) is 10.0 Å². The van der Waals surface area contributed by atoms with Gasteiger partial charge in [0, 0.05) is 20.7 Å². The van der Waals surface area contributed by atoms with Crippen molar-refractivity contribution in [2.75, 3.05) is 5.32 Å². The van der Waals surface area contributed by atoms with Crippen LogP contribution in [-0.2, 0) is 4.79 Å². The van der Waals surface area contributed by atoms with E-state index in [-0.39, 0.29) is 26.9 Å². The van der Waals surface area contributed by atoms with Gasteiger partial charge in [-0.25, -0.2) is 0 Å². The van der Waals surface area contributed by atoms with Gasteiger partial charge in [-0.2, -0.15) is 5.26 Å². The molecular weight excluding hydrogens is 403 g/mol. The van der Waals surface area contributed by atoms with Crippen molar-refractivity contribution in [2.45, 2.75) is 0 Å². The van der Waals surface area contributed by atoms with Crippen molar-refractivity contribution in [1.82, 2.24) is 0 Å². The summed E-state index contributed by atoms with van der Waals surface area (Å²) in [4.78, 5) is 12.2. The molecule has 23 heavy (non-hydrogen) atoms. The molecule has 2 rings (SSSR count). The summed E-state index contributed by atoms with van der Waals surface area (Å²) in [7, 11) is 0. The van der Waals surface area contributed by atoms with Crippen molar-refractivity contribution >= 4 is 56.8 Å². The van der Waals surface area contributed by atoms with Crippen LogP contribution < -0.4 is 5.32 Å². The molecule has 0 radical (unpaired) electrons. The average Bonchev–Trinajstić information content (AvgIpc) is 2.49. The highest BCUT2D eigenvalue weighted by atomic mass is 79.9. The average molecular weight is 412 g/mol. The zero-order valence-corrected chi connectivity index (χ0v) is 14.6. The van der Waals surface area contributed by atoms with E-state index in [1.807, 2.05) is 6.07 Å². The molecule has 0 aliphatic heterocycles. The van der Waals surface area contributed by atoms with Crippen molar-refractivity contribution in [3.05, 3.63) is 62.1 Å². The van der Waals surface area contributed by atoms with Crippen LogP contribution in [0.5, 0.6) is 5.75 Å². The Kier molecular flexibility index (Phi) is 5.67. The van der Waals surface area contributed by atoms with Crippen molar-refractivity contribution in [2.24, 2.45) is 0 Å². The van der Waals surface area contributed by atoms with Gasteiger partial charge in [0.05, 0.1) is 5.02 Å². The number of rotatable bonds is 3. The second-order valence-corrected chi connectivity index (χ2v) is 6.22. The summed E-state index contributed by atoms with van der Waals surface area (Å²) in [6, 6.07) is 11.5. The number of aromatic hydroxyl groups is 1. The maximum Gasteiger partial charge on any atom is 0.266 e. The van der Waals surface area contributed by atoms with Gasteiger partial charge in [-0.1, -0.05) is 45.2 Å². The number of halogens is 3. The molecule has 116 valence electrons. The largest absolute Gasteiger partial charge is 0.506 e. The molecule has 7 heteroatoms. The van der Waals surface area contributed by atoms with Gasteiger partial charge in [-0.15, -0.1) is 0 Å². The number of phenols is 1. The van der Waals surface area contributed by atoms with Gasteiger partial charge in [0.1, 0.15) is 17.4 Å². The van der Waals surface area contributed by atoms with E-state index in [9.17, 15) is 15.2 Å². The Bertz CT molecular complexity index is 844. The Labute approximate surface area is 151 Å². The number of benzene rings is 2. The van der Waals surface area contributed by atoms with E-state index in [1.54, 1.807) is 24.3 Å². The maximum atomic E-state index is 12.2. The third-order valence-corrected chi connectivity index (χ3v) is 3.80. The van der Waals surface area contributed by atoms with Crippen molar-refractivity contribution < 1.29 is 9.90 Å². The topological polar surface area (TPSA) is 73.1 Å². The summed E-state index contributed by atoms with van der Waals surface area (Å²) < 4.78 is 0.789. The first-order valence-corrected chi connectivity index (χ1v) is 7.82. The van der Waals surface area contributed by atoms with Crippen LogP contribution in [0.4, 0.5) is 5.69 Å². The predicted molar refractivity (Wildman–Crippen MR) is 94.5 cm³/mol. The molecule has 0 aliphatic carbocycles. The van der Waals surface area contributed by atoms with E-state index in [4.69, 9.17) is 23.2 Å². The highest BCUT2D eigenvalue weighted by Crippen LogP contribution is 2.32. The number of amides is 1. The zero-order chi connectivity index (χ0) is 17.0. The van der Waals surface area contributed by atoms with E-state index >= 15 is 0 Å². The van der Waals surface area contributed by atoms with Crippen LogP contribution >= 0.6 is 39.1 Å². The van der Waals surface area contributed by atoms with Crippen LogP contribution in [0.25, 0.3) is 6.08 Å². The molecule has 0 unspecified atom stereocenters. The number of carbonyl (C=O) groups excluding carboxylic acids is 1. The lowest BCUT2D eigenvalue weighted by Gasteiger charge is -2.06. The van der Waals surface area contributed by atoms with Crippen LogP contribution in [0.3, 0.4) is 0 Å². The Morgan fingerprint density at radius 2 is 2.04 bits per heavy atom. The highest BCUT2D eigenvalue weighted by molar-refractivity contribution is 9.10. The number of nitrogens with one attached hydrogen (secondary N) is 1. The van der Waals surface area contributed by atoms with Gasteiger partial charge >= 0.3 is 0 Å². The summed E-state index contributed by atoms with van der Waals surface area (Å²) in [5.74, 6) is -0.861. The second-order valence-electron chi connectivity index (χ2n) is 4.46. The number of hydrogen-bond acceptors (Lipinski definition) is 3. The van der Waals surface area contributed by atoms with Crippen molar-refractivity contribution in [3.8, 4) is 11.8 Å². The SMILES string of the molecule is N#C/C(=C/c1cc(Cl)cc(Cl)c1O)C(=O)Nc1cccc(Br)c1. The van der Waals surface area contributed by atoms with Gasteiger partial charge in [0.25, 0.3) is 5.91 Å². The van der Waals surface area contributed by atoms with Crippen LogP contribution in [0, 0.1) is 11.3 Å². The van der Waals surface area contributed by atoms with E-state index in [0.29, 0.717) is 5.69 Å². The Hall–Kier alpha value is -2.00. The van der Waals surface area contributed by atoms with E-state index in [1.165, 1.54) is 18.2 Å². The molecule has 0 aromatic heterocycles. The number of nitriles is 1. The van der Waals surface area contributed by atoms with Crippen LogP contribution in [0.15, 0.2) is 46.4 Å². The minimum absolute atomic E-state index is 0.0356. The third kappa shape index (κ3) is 4.49. The molecule has 1 amide bonds. The van der Waals surface area contributed by atoms with Gasteiger partial charge in [0.2, 0.25) is 0 Å².